The van der Waals surface area contributed by atoms with E-state index in [-0.39, 0.29) is 11.8 Å². The molecule has 0 atom stereocenters. The molecule has 118 valence electrons. The maximum absolute atomic E-state index is 12.6. The first-order valence-electron chi connectivity index (χ1n) is 7.81. The van der Waals surface area contributed by atoms with Gasteiger partial charge in [0.1, 0.15) is 10.7 Å². The highest BCUT2D eigenvalue weighted by Crippen LogP contribution is 2.32. The first-order valence-corrected chi connectivity index (χ1v) is 8.19. The Balaban J connectivity index is 1.68. The Labute approximate surface area is 134 Å². The van der Waals surface area contributed by atoms with E-state index in [1.165, 1.54) is 19.0 Å². The standard InChI is InChI=1S/C16H20ClN3O2/c17-13-6-5-12(10-18-13)14(21)20-16(7-1-2-8-16)15(22)19-9-11-3-4-11/h5-6,10-11H,1-4,7-9H2,(H,19,22)(H,20,21). The molecule has 1 heterocycles. The lowest BCUT2D eigenvalue weighted by Crippen LogP contribution is -2.57. The van der Waals surface area contributed by atoms with E-state index in [0.29, 0.717) is 29.5 Å². The van der Waals surface area contributed by atoms with Gasteiger partial charge in [0.05, 0.1) is 5.56 Å². The summed E-state index contributed by atoms with van der Waals surface area (Å²) in [5.41, 5.74) is -0.350. The van der Waals surface area contributed by atoms with Crippen molar-refractivity contribution in [2.45, 2.75) is 44.1 Å². The largest absolute Gasteiger partial charge is 0.354 e. The summed E-state index contributed by atoms with van der Waals surface area (Å²) in [6.45, 7) is 0.721. The van der Waals surface area contributed by atoms with E-state index in [0.717, 1.165) is 19.4 Å². The number of rotatable bonds is 5. The quantitative estimate of drug-likeness (QED) is 0.817. The SMILES string of the molecule is O=C(NC1(C(=O)NCC2CC2)CCCC1)c1ccc(Cl)nc1. The molecule has 1 aromatic rings. The maximum atomic E-state index is 12.6. The zero-order valence-electron chi connectivity index (χ0n) is 12.4. The summed E-state index contributed by atoms with van der Waals surface area (Å²) < 4.78 is 0. The number of carbonyl (C=O) groups is 2. The number of hydrogen-bond donors (Lipinski definition) is 2. The van der Waals surface area contributed by atoms with Crippen LogP contribution in [-0.4, -0.2) is 28.9 Å². The van der Waals surface area contributed by atoms with E-state index in [2.05, 4.69) is 15.6 Å². The first-order chi connectivity index (χ1) is 10.6. The van der Waals surface area contributed by atoms with Crippen molar-refractivity contribution in [2.24, 2.45) is 5.92 Å². The number of hydrogen-bond acceptors (Lipinski definition) is 3. The highest BCUT2D eigenvalue weighted by molar-refractivity contribution is 6.29. The van der Waals surface area contributed by atoms with Gasteiger partial charge >= 0.3 is 0 Å². The van der Waals surface area contributed by atoms with Crippen molar-refractivity contribution >= 4 is 23.4 Å². The number of carbonyl (C=O) groups excluding carboxylic acids is 2. The molecule has 2 amide bonds. The lowest BCUT2D eigenvalue weighted by molar-refractivity contribution is -0.127. The van der Waals surface area contributed by atoms with Crippen LogP contribution < -0.4 is 10.6 Å². The van der Waals surface area contributed by atoms with E-state index in [1.54, 1.807) is 12.1 Å². The third-order valence-electron chi connectivity index (χ3n) is 4.48. The van der Waals surface area contributed by atoms with Crippen LogP contribution in [0.3, 0.4) is 0 Å². The monoisotopic (exact) mass is 321 g/mol. The van der Waals surface area contributed by atoms with Crippen molar-refractivity contribution in [3.63, 3.8) is 0 Å². The second-order valence-electron chi connectivity index (χ2n) is 6.27. The number of aromatic nitrogens is 1. The third-order valence-corrected chi connectivity index (χ3v) is 4.71. The van der Waals surface area contributed by atoms with Gasteiger partial charge in [0.25, 0.3) is 5.91 Å². The van der Waals surface area contributed by atoms with Gasteiger partial charge in [0.2, 0.25) is 5.91 Å². The molecule has 0 aliphatic heterocycles. The molecule has 0 radical (unpaired) electrons. The van der Waals surface area contributed by atoms with Gasteiger partial charge in [0, 0.05) is 12.7 Å². The van der Waals surface area contributed by atoms with E-state index in [1.807, 2.05) is 0 Å². The van der Waals surface area contributed by atoms with Gasteiger partial charge in [0.15, 0.2) is 0 Å². The van der Waals surface area contributed by atoms with Crippen LogP contribution in [0.4, 0.5) is 0 Å². The van der Waals surface area contributed by atoms with Crippen LogP contribution in [0.5, 0.6) is 0 Å². The van der Waals surface area contributed by atoms with Crippen molar-refractivity contribution in [1.29, 1.82) is 0 Å². The van der Waals surface area contributed by atoms with Gasteiger partial charge in [-0.1, -0.05) is 24.4 Å². The van der Waals surface area contributed by atoms with Crippen LogP contribution in [0.1, 0.15) is 48.9 Å². The Hall–Kier alpha value is -1.62. The molecule has 2 aliphatic carbocycles. The normalized spacial score (nSPS) is 19.7. The zero-order valence-corrected chi connectivity index (χ0v) is 13.2. The van der Waals surface area contributed by atoms with Crippen LogP contribution in [0.25, 0.3) is 0 Å². The van der Waals surface area contributed by atoms with Gasteiger partial charge in [-0.15, -0.1) is 0 Å². The number of pyridine rings is 1. The van der Waals surface area contributed by atoms with E-state index in [9.17, 15) is 9.59 Å². The summed E-state index contributed by atoms with van der Waals surface area (Å²) in [5.74, 6) is 0.304. The second kappa shape index (κ2) is 6.24. The zero-order chi connectivity index (χ0) is 15.6. The van der Waals surface area contributed by atoms with Crippen molar-refractivity contribution in [1.82, 2.24) is 15.6 Å². The van der Waals surface area contributed by atoms with Crippen LogP contribution in [0.15, 0.2) is 18.3 Å². The smallest absolute Gasteiger partial charge is 0.253 e. The fraction of sp³-hybridized carbons (Fsp3) is 0.562. The van der Waals surface area contributed by atoms with Gasteiger partial charge in [-0.05, 0) is 43.7 Å². The predicted octanol–water partition coefficient (Wildman–Crippen LogP) is 2.30. The van der Waals surface area contributed by atoms with E-state index >= 15 is 0 Å². The molecular weight excluding hydrogens is 302 g/mol. The molecule has 2 saturated carbocycles. The predicted molar refractivity (Wildman–Crippen MR) is 83.6 cm³/mol. The minimum absolute atomic E-state index is 0.0489. The molecule has 2 fully saturated rings. The fourth-order valence-corrected chi connectivity index (χ4v) is 3.03. The maximum Gasteiger partial charge on any atom is 0.253 e. The Morgan fingerprint density at radius 1 is 1.27 bits per heavy atom. The molecule has 0 unspecified atom stereocenters. The molecule has 1 aromatic heterocycles. The Bertz CT molecular complexity index is 563. The molecule has 0 aromatic carbocycles. The van der Waals surface area contributed by atoms with Crippen molar-refractivity contribution in [3.8, 4) is 0 Å². The van der Waals surface area contributed by atoms with Crippen LogP contribution in [0.2, 0.25) is 5.15 Å². The minimum atomic E-state index is -0.772. The molecule has 0 bridgehead atoms. The van der Waals surface area contributed by atoms with E-state index in [4.69, 9.17) is 11.6 Å². The highest BCUT2D eigenvalue weighted by atomic mass is 35.5. The number of halogens is 1. The van der Waals surface area contributed by atoms with Gasteiger partial charge in [-0.25, -0.2) is 4.98 Å². The van der Waals surface area contributed by atoms with Gasteiger partial charge in [-0.2, -0.15) is 0 Å². The molecule has 3 rings (SSSR count). The Kier molecular flexibility index (Phi) is 4.34. The molecular formula is C16H20ClN3O2. The number of nitrogens with zero attached hydrogens (tertiary/aromatic N) is 1. The molecule has 22 heavy (non-hydrogen) atoms. The molecule has 2 aliphatic rings. The average molecular weight is 322 g/mol. The molecule has 0 spiro atoms. The Morgan fingerprint density at radius 2 is 2.00 bits per heavy atom. The number of amides is 2. The fourth-order valence-electron chi connectivity index (χ4n) is 2.92. The van der Waals surface area contributed by atoms with Crippen molar-refractivity contribution < 1.29 is 9.59 Å². The summed E-state index contributed by atoms with van der Waals surface area (Å²) >= 11 is 5.73. The first kappa shape index (κ1) is 15.3. The summed E-state index contributed by atoms with van der Waals surface area (Å²) in [4.78, 5) is 28.9. The van der Waals surface area contributed by atoms with Crippen LogP contribution in [0, 0.1) is 5.92 Å². The lowest BCUT2D eigenvalue weighted by atomic mass is 9.95. The van der Waals surface area contributed by atoms with Crippen LogP contribution >= 0.6 is 11.6 Å². The van der Waals surface area contributed by atoms with Crippen molar-refractivity contribution in [3.05, 3.63) is 29.0 Å². The second-order valence-corrected chi connectivity index (χ2v) is 6.65. The molecule has 2 N–H and O–H groups in total. The Morgan fingerprint density at radius 3 is 2.59 bits per heavy atom. The summed E-state index contributed by atoms with van der Waals surface area (Å²) in [6, 6.07) is 3.19. The lowest BCUT2D eigenvalue weighted by Gasteiger charge is -2.29. The number of nitrogens with one attached hydrogen (secondary N) is 2. The third kappa shape index (κ3) is 3.40. The summed E-state index contributed by atoms with van der Waals surface area (Å²) in [7, 11) is 0. The van der Waals surface area contributed by atoms with Crippen LogP contribution in [-0.2, 0) is 4.79 Å². The topological polar surface area (TPSA) is 71.1 Å². The average Bonchev–Trinajstić information content (AvgIpc) is 3.23. The highest BCUT2D eigenvalue weighted by Gasteiger charge is 2.42. The summed E-state index contributed by atoms with van der Waals surface area (Å²) in [6.07, 6.45) is 7.10. The minimum Gasteiger partial charge on any atom is -0.354 e. The van der Waals surface area contributed by atoms with Gasteiger partial charge < -0.3 is 10.6 Å². The van der Waals surface area contributed by atoms with E-state index < -0.39 is 5.54 Å². The molecule has 5 nitrogen and oxygen atoms in total. The van der Waals surface area contributed by atoms with Crippen molar-refractivity contribution in [2.75, 3.05) is 6.54 Å². The molecule has 0 saturated heterocycles. The van der Waals surface area contributed by atoms with Gasteiger partial charge in [-0.3, -0.25) is 9.59 Å². The molecule has 6 heteroatoms. The summed E-state index contributed by atoms with van der Waals surface area (Å²) in [5, 5.41) is 6.28.